The smallest absolute Gasteiger partial charge is 0.138 e. The second-order valence-electron chi connectivity index (χ2n) is 3.14. The summed E-state index contributed by atoms with van der Waals surface area (Å²) in [6.45, 7) is 1.44. The van der Waals surface area contributed by atoms with E-state index in [0.717, 1.165) is 13.0 Å². The number of ether oxygens (including phenoxy) is 1. The van der Waals surface area contributed by atoms with Crippen molar-refractivity contribution < 1.29 is 4.74 Å². The number of hydrogen-bond acceptors (Lipinski definition) is 5. The van der Waals surface area contributed by atoms with E-state index in [2.05, 4.69) is 9.97 Å². The Hall–Kier alpha value is -1.36. The van der Waals surface area contributed by atoms with Gasteiger partial charge < -0.3 is 16.2 Å². The zero-order chi connectivity index (χ0) is 9.26. The Morgan fingerprint density at radius 1 is 1.31 bits per heavy atom. The van der Waals surface area contributed by atoms with Crippen LogP contribution in [0.3, 0.4) is 0 Å². The van der Waals surface area contributed by atoms with Crippen LogP contribution >= 0.6 is 0 Å². The molecule has 0 spiro atoms. The number of anilines is 2. The van der Waals surface area contributed by atoms with Gasteiger partial charge >= 0.3 is 0 Å². The minimum atomic E-state index is 0.255. The monoisotopic (exact) mass is 180 g/mol. The van der Waals surface area contributed by atoms with E-state index in [1.54, 1.807) is 6.07 Å². The average Bonchev–Trinajstić information content (AvgIpc) is 2.53. The van der Waals surface area contributed by atoms with Gasteiger partial charge in [0.15, 0.2) is 0 Å². The van der Waals surface area contributed by atoms with Crippen molar-refractivity contribution in [1.29, 1.82) is 0 Å². The van der Waals surface area contributed by atoms with Crippen molar-refractivity contribution >= 4 is 11.6 Å². The molecule has 0 aliphatic carbocycles. The van der Waals surface area contributed by atoms with E-state index in [1.165, 1.54) is 0 Å². The molecule has 1 aliphatic rings. The second kappa shape index (κ2) is 3.18. The van der Waals surface area contributed by atoms with E-state index in [0.29, 0.717) is 24.1 Å². The van der Waals surface area contributed by atoms with Crippen LogP contribution in [0.1, 0.15) is 18.2 Å². The summed E-state index contributed by atoms with van der Waals surface area (Å²) in [7, 11) is 0. The lowest BCUT2D eigenvalue weighted by Crippen LogP contribution is -2.08. The lowest BCUT2D eigenvalue weighted by molar-refractivity contribution is 0.193. The van der Waals surface area contributed by atoms with E-state index < -0.39 is 0 Å². The molecule has 70 valence electrons. The maximum absolute atomic E-state index is 5.56. The van der Waals surface area contributed by atoms with Crippen LogP contribution in [0.15, 0.2) is 6.07 Å². The van der Waals surface area contributed by atoms with Gasteiger partial charge in [0.05, 0.1) is 6.61 Å². The van der Waals surface area contributed by atoms with E-state index in [1.807, 2.05) is 0 Å². The standard InChI is InChI=1S/C8H12N4O/c9-6-3-7(10)12-8(11-6)5-1-2-13-4-5/h3,5H,1-2,4H2,(H4,9,10,11,12). The molecule has 1 aromatic heterocycles. The topological polar surface area (TPSA) is 87.1 Å². The molecule has 1 aliphatic heterocycles. The van der Waals surface area contributed by atoms with Crippen molar-refractivity contribution in [2.45, 2.75) is 12.3 Å². The summed E-state index contributed by atoms with van der Waals surface area (Å²) in [5.41, 5.74) is 11.1. The zero-order valence-corrected chi connectivity index (χ0v) is 7.23. The molecule has 0 bridgehead atoms. The van der Waals surface area contributed by atoms with Crippen LogP contribution in [0, 0.1) is 0 Å². The van der Waals surface area contributed by atoms with Crippen molar-refractivity contribution in [3.05, 3.63) is 11.9 Å². The molecular formula is C8H12N4O. The number of nitrogen functional groups attached to an aromatic ring is 2. The molecule has 1 fully saturated rings. The van der Waals surface area contributed by atoms with Crippen LogP contribution in [0.5, 0.6) is 0 Å². The molecule has 0 saturated carbocycles. The van der Waals surface area contributed by atoms with Gasteiger partial charge in [0.1, 0.15) is 17.5 Å². The fourth-order valence-corrected chi connectivity index (χ4v) is 1.43. The van der Waals surface area contributed by atoms with Crippen molar-refractivity contribution in [3.63, 3.8) is 0 Å². The van der Waals surface area contributed by atoms with Crippen LogP contribution in [0.2, 0.25) is 0 Å². The van der Waals surface area contributed by atoms with Gasteiger partial charge in [-0.3, -0.25) is 0 Å². The summed E-state index contributed by atoms with van der Waals surface area (Å²) < 4.78 is 5.23. The first-order chi connectivity index (χ1) is 6.25. The predicted octanol–water partition coefficient (Wildman–Crippen LogP) is 0.145. The number of nitrogens with two attached hydrogens (primary N) is 2. The molecule has 5 nitrogen and oxygen atoms in total. The van der Waals surface area contributed by atoms with Gasteiger partial charge in [0, 0.05) is 18.6 Å². The maximum Gasteiger partial charge on any atom is 0.138 e. The first-order valence-corrected chi connectivity index (χ1v) is 4.23. The summed E-state index contributed by atoms with van der Waals surface area (Å²) in [6, 6.07) is 1.55. The molecule has 1 aromatic rings. The molecule has 13 heavy (non-hydrogen) atoms. The Balaban J connectivity index is 2.28. The molecule has 2 rings (SSSR count). The summed E-state index contributed by atoms with van der Waals surface area (Å²) in [4.78, 5) is 8.25. The SMILES string of the molecule is Nc1cc(N)nc(C2CCOC2)n1. The molecule has 1 saturated heterocycles. The molecule has 0 amide bonds. The third-order valence-corrected chi connectivity index (χ3v) is 2.08. The lowest BCUT2D eigenvalue weighted by atomic mass is 10.1. The van der Waals surface area contributed by atoms with Gasteiger partial charge in [-0.15, -0.1) is 0 Å². The normalized spacial score (nSPS) is 22.0. The molecule has 0 radical (unpaired) electrons. The van der Waals surface area contributed by atoms with Gasteiger partial charge in [-0.25, -0.2) is 9.97 Å². The lowest BCUT2D eigenvalue weighted by Gasteiger charge is -2.06. The largest absolute Gasteiger partial charge is 0.384 e. The van der Waals surface area contributed by atoms with Crippen LogP contribution in [0.25, 0.3) is 0 Å². The Morgan fingerprint density at radius 3 is 2.54 bits per heavy atom. The predicted molar refractivity (Wildman–Crippen MR) is 49.0 cm³/mol. The van der Waals surface area contributed by atoms with Crippen molar-refractivity contribution in [2.75, 3.05) is 24.7 Å². The summed E-state index contributed by atoms with van der Waals surface area (Å²) in [6.07, 6.45) is 0.947. The first kappa shape index (κ1) is 8.25. The number of aromatic nitrogens is 2. The van der Waals surface area contributed by atoms with Gasteiger partial charge in [0.2, 0.25) is 0 Å². The van der Waals surface area contributed by atoms with E-state index in [4.69, 9.17) is 16.2 Å². The first-order valence-electron chi connectivity index (χ1n) is 4.23. The summed E-state index contributed by atoms with van der Waals surface area (Å²) >= 11 is 0. The zero-order valence-electron chi connectivity index (χ0n) is 7.23. The third-order valence-electron chi connectivity index (χ3n) is 2.08. The van der Waals surface area contributed by atoms with Gasteiger partial charge in [-0.1, -0.05) is 0 Å². The minimum absolute atomic E-state index is 0.255. The van der Waals surface area contributed by atoms with Gasteiger partial charge in [-0.05, 0) is 6.42 Å². The number of hydrogen-bond donors (Lipinski definition) is 2. The van der Waals surface area contributed by atoms with Crippen LogP contribution < -0.4 is 11.5 Å². The third kappa shape index (κ3) is 1.70. The Morgan fingerprint density at radius 2 is 2.00 bits per heavy atom. The maximum atomic E-state index is 5.56. The quantitative estimate of drug-likeness (QED) is 0.642. The van der Waals surface area contributed by atoms with Crippen LogP contribution in [-0.2, 0) is 4.74 Å². The highest BCUT2D eigenvalue weighted by molar-refractivity contribution is 5.41. The molecule has 0 aromatic carbocycles. The molecule has 5 heteroatoms. The number of rotatable bonds is 1. The fraction of sp³-hybridized carbons (Fsp3) is 0.500. The minimum Gasteiger partial charge on any atom is -0.384 e. The molecule has 4 N–H and O–H groups in total. The van der Waals surface area contributed by atoms with Crippen molar-refractivity contribution in [3.8, 4) is 0 Å². The Bertz CT molecular complexity index is 289. The van der Waals surface area contributed by atoms with Crippen molar-refractivity contribution in [2.24, 2.45) is 0 Å². The second-order valence-corrected chi connectivity index (χ2v) is 3.14. The molecular weight excluding hydrogens is 168 g/mol. The summed E-state index contributed by atoms with van der Waals surface area (Å²) in [5.74, 6) is 1.81. The van der Waals surface area contributed by atoms with E-state index >= 15 is 0 Å². The Kier molecular flexibility index (Phi) is 2.02. The van der Waals surface area contributed by atoms with Crippen molar-refractivity contribution in [1.82, 2.24) is 9.97 Å². The van der Waals surface area contributed by atoms with Gasteiger partial charge in [-0.2, -0.15) is 0 Å². The average molecular weight is 180 g/mol. The number of nitrogens with zero attached hydrogens (tertiary/aromatic N) is 2. The van der Waals surface area contributed by atoms with Crippen LogP contribution in [-0.4, -0.2) is 23.2 Å². The van der Waals surface area contributed by atoms with Crippen LogP contribution in [0.4, 0.5) is 11.6 Å². The van der Waals surface area contributed by atoms with Gasteiger partial charge in [0.25, 0.3) is 0 Å². The molecule has 1 atom stereocenters. The van der Waals surface area contributed by atoms with E-state index in [-0.39, 0.29) is 5.92 Å². The highest BCUT2D eigenvalue weighted by Crippen LogP contribution is 2.23. The molecule has 2 heterocycles. The van der Waals surface area contributed by atoms with E-state index in [9.17, 15) is 0 Å². The fourth-order valence-electron chi connectivity index (χ4n) is 1.43. The molecule has 1 unspecified atom stereocenters. The highest BCUT2D eigenvalue weighted by Gasteiger charge is 2.20. The summed E-state index contributed by atoms with van der Waals surface area (Å²) in [5, 5.41) is 0. The Labute approximate surface area is 76.1 Å². The highest BCUT2D eigenvalue weighted by atomic mass is 16.5.